The van der Waals surface area contributed by atoms with E-state index in [-0.39, 0.29) is 16.4 Å². The standard InChI is InChI=1S/C12H7F6N3O/c13-11(14,15)8-6-9(22)21(10(19-8)12(16,17)18)20-7-4-2-1-3-5-7/h1-6,20H. The van der Waals surface area contributed by atoms with Crippen molar-refractivity contribution in [3.05, 3.63) is 58.3 Å². The molecule has 0 aliphatic carbocycles. The fraction of sp³-hybridized carbons (Fsp3) is 0.167. The Bertz CT molecular complexity index is 720. The summed E-state index contributed by atoms with van der Waals surface area (Å²) in [6.45, 7) is 0. The summed E-state index contributed by atoms with van der Waals surface area (Å²) >= 11 is 0. The summed E-state index contributed by atoms with van der Waals surface area (Å²) in [6.07, 6.45) is -10.4. The van der Waals surface area contributed by atoms with Crippen molar-refractivity contribution < 1.29 is 26.3 Å². The lowest BCUT2D eigenvalue weighted by molar-refractivity contribution is -0.154. The smallest absolute Gasteiger partial charge is 0.290 e. The zero-order valence-corrected chi connectivity index (χ0v) is 10.5. The first-order valence-electron chi connectivity index (χ1n) is 5.69. The number of rotatable bonds is 2. The van der Waals surface area contributed by atoms with Crippen molar-refractivity contribution in [1.29, 1.82) is 0 Å². The Labute approximate surface area is 119 Å². The molecular weight excluding hydrogens is 316 g/mol. The lowest BCUT2D eigenvalue weighted by Gasteiger charge is -2.17. The van der Waals surface area contributed by atoms with E-state index in [2.05, 4.69) is 10.4 Å². The summed E-state index contributed by atoms with van der Waals surface area (Å²) in [5, 5.41) is 0. The van der Waals surface area contributed by atoms with E-state index < -0.39 is 29.4 Å². The van der Waals surface area contributed by atoms with Crippen LogP contribution in [0.25, 0.3) is 0 Å². The van der Waals surface area contributed by atoms with Gasteiger partial charge in [-0.25, -0.2) is 4.98 Å². The largest absolute Gasteiger partial charge is 0.451 e. The second kappa shape index (κ2) is 5.35. The molecule has 0 saturated heterocycles. The molecule has 22 heavy (non-hydrogen) atoms. The molecule has 1 aromatic carbocycles. The summed E-state index contributed by atoms with van der Waals surface area (Å²) in [5.41, 5.74) is -1.28. The van der Waals surface area contributed by atoms with Gasteiger partial charge in [-0.2, -0.15) is 31.0 Å². The van der Waals surface area contributed by atoms with Crippen molar-refractivity contribution in [1.82, 2.24) is 9.66 Å². The molecule has 1 N–H and O–H groups in total. The van der Waals surface area contributed by atoms with Gasteiger partial charge in [0.25, 0.3) is 5.56 Å². The number of hydrogen-bond acceptors (Lipinski definition) is 3. The third kappa shape index (κ3) is 3.38. The number of alkyl halides is 6. The molecule has 1 heterocycles. The van der Waals surface area contributed by atoms with Gasteiger partial charge in [-0.1, -0.05) is 18.2 Å². The third-order valence-corrected chi connectivity index (χ3v) is 2.48. The van der Waals surface area contributed by atoms with Crippen LogP contribution in [0.5, 0.6) is 0 Å². The monoisotopic (exact) mass is 323 g/mol. The number of benzene rings is 1. The van der Waals surface area contributed by atoms with Crippen LogP contribution in [0.3, 0.4) is 0 Å². The van der Waals surface area contributed by atoms with Gasteiger partial charge in [-0.3, -0.25) is 10.2 Å². The van der Waals surface area contributed by atoms with Crippen molar-refractivity contribution in [2.24, 2.45) is 0 Å². The van der Waals surface area contributed by atoms with Crippen LogP contribution in [0, 0.1) is 0 Å². The first-order chi connectivity index (χ1) is 10.1. The van der Waals surface area contributed by atoms with Gasteiger partial charge in [-0.15, -0.1) is 0 Å². The highest BCUT2D eigenvalue weighted by molar-refractivity contribution is 5.42. The molecule has 1 aromatic heterocycles. The van der Waals surface area contributed by atoms with Gasteiger partial charge in [0.2, 0.25) is 5.82 Å². The lowest BCUT2D eigenvalue weighted by atomic mass is 10.3. The maximum absolute atomic E-state index is 12.9. The van der Waals surface area contributed by atoms with Crippen molar-refractivity contribution in [2.75, 3.05) is 5.43 Å². The molecule has 0 bridgehead atoms. The molecule has 0 amide bonds. The highest BCUT2D eigenvalue weighted by Crippen LogP contribution is 2.31. The first kappa shape index (κ1) is 15.9. The SMILES string of the molecule is O=c1cc(C(F)(F)F)nc(C(F)(F)F)n1Nc1ccccc1. The van der Waals surface area contributed by atoms with Crippen molar-refractivity contribution in [3.63, 3.8) is 0 Å². The summed E-state index contributed by atoms with van der Waals surface area (Å²) in [6, 6.07) is 7.18. The first-order valence-corrected chi connectivity index (χ1v) is 5.69. The van der Waals surface area contributed by atoms with Crippen LogP contribution >= 0.6 is 0 Å². The predicted octanol–water partition coefficient (Wildman–Crippen LogP) is 3.16. The molecule has 118 valence electrons. The molecule has 2 rings (SSSR count). The topological polar surface area (TPSA) is 46.9 Å². The van der Waals surface area contributed by atoms with Crippen LogP contribution in [0.4, 0.5) is 32.0 Å². The average molecular weight is 323 g/mol. The Morgan fingerprint density at radius 1 is 0.955 bits per heavy atom. The number of halogens is 6. The molecule has 0 spiro atoms. The van der Waals surface area contributed by atoms with Crippen molar-refractivity contribution in [2.45, 2.75) is 12.4 Å². The van der Waals surface area contributed by atoms with Crippen LogP contribution in [-0.2, 0) is 12.4 Å². The van der Waals surface area contributed by atoms with Crippen LogP contribution in [0.1, 0.15) is 11.5 Å². The summed E-state index contributed by atoms with van der Waals surface area (Å²) in [4.78, 5) is 14.1. The Morgan fingerprint density at radius 2 is 1.55 bits per heavy atom. The Kier molecular flexibility index (Phi) is 3.86. The maximum atomic E-state index is 12.9. The number of nitrogens with zero attached hydrogens (tertiary/aromatic N) is 2. The molecule has 0 unspecified atom stereocenters. The van der Waals surface area contributed by atoms with Crippen LogP contribution in [0.15, 0.2) is 41.2 Å². The highest BCUT2D eigenvalue weighted by atomic mass is 19.4. The van der Waals surface area contributed by atoms with Gasteiger partial charge in [0, 0.05) is 6.07 Å². The van der Waals surface area contributed by atoms with E-state index in [0.717, 1.165) is 0 Å². The van der Waals surface area contributed by atoms with Gasteiger partial charge in [0.1, 0.15) is 0 Å². The molecule has 0 fully saturated rings. The minimum absolute atomic E-state index is 0.00875. The van der Waals surface area contributed by atoms with E-state index in [0.29, 0.717) is 0 Å². The highest BCUT2D eigenvalue weighted by Gasteiger charge is 2.41. The molecule has 10 heteroatoms. The van der Waals surface area contributed by atoms with Gasteiger partial charge >= 0.3 is 12.4 Å². The molecular formula is C12H7F6N3O. The summed E-state index contributed by atoms with van der Waals surface area (Å²) < 4.78 is 76.0. The number of para-hydroxylation sites is 1. The van der Waals surface area contributed by atoms with Gasteiger partial charge in [-0.05, 0) is 12.1 Å². The van der Waals surface area contributed by atoms with Gasteiger partial charge in [0.05, 0.1) is 5.69 Å². The minimum atomic E-state index is -5.25. The zero-order valence-electron chi connectivity index (χ0n) is 10.5. The minimum Gasteiger partial charge on any atom is -0.290 e. The number of anilines is 1. The maximum Gasteiger partial charge on any atom is 0.451 e. The average Bonchev–Trinajstić information content (AvgIpc) is 2.39. The van der Waals surface area contributed by atoms with E-state index in [9.17, 15) is 31.1 Å². The van der Waals surface area contributed by atoms with Crippen LogP contribution in [-0.4, -0.2) is 9.66 Å². The number of nitrogens with one attached hydrogen (secondary N) is 1. The van der Waals surface area contributed by atoms with E-state index in [1.54, 1.807) is 6.07 Å². The van der Waals surface area contributed by atoms with Gasteiger partial charge < -0.3 is 0 Å². The molecule has 0 aliphatic rings. The second-order valence-corrected chi connectivity index (χ2v) is 4.11. The van der Waals surface area contributed by atoms with Crippen molar-refractivity contribution in [3.8, 4) is 0 Å². The van der Waals surface area contributed by atoms with Crippen LogP contribution < -0.4 is 11.0 Å². The lowest BCUT2D eigenvalue weighted by Crippen LogP contribution is -2.35. The third-order valence-electron chi connectivity index (χ3n) is 2.48. The zero-order chi connectivity index (χ0) is 16.5. The number of aromatic nitrogens is 2. The van der Waals surface area contributed by atoms with E-state index >= 15 is 0 Å². The quantitative estimate of drug-likeness (QED) is 0.864. The predicted molar refractivity (Wildman–Crippen MR) is 64.0 cm³/mol. The molecule has 2 aromatic rings. The van der Waals surface area contributed by atoms with E-state index in [1.165, 1.54) is 24.3 Å². The second-order valence-electron chi connectivity index (χ2n) is 4.11. The molecule has 0 radical (unpaired) electrons. The van der Waals surface area contributed by atoms with Crippen LogP contribution in [0.2, 0.25) is 0 Å². The summed E-state index contributed by atoms with van der Waals surface area (Å²) in [5.74, 6) is -1.99. The normalized spacial score (nSPS) is 12.3. The molecule has 0 atom stereocenters. The Hall–Kier alpha value is -2.52. The fourth-order valence-electron chi connectivity index (χ4n) is 1.57. The molecule has 4 nitrogen and oxygen atoms in total. The molecule has 0 aliphatic heterocycles. The Morgan fingerprint density at radius 3 is 2.05 bits per heavy atom. The summed E-state index contributed by atoms with van der Waals surface area (Å²) in [7, 11) is 0. The Balaban J connectivity index is 2.60. The molecule has 0 saturated carbocycles. The van der Waals surface area contributed by atoms with Crippen molar-refractivity contribution >= 4 is 5.69 Å². The van der Waals surface area contributed by atoms with E-state index in [1.807, 2.05) is 0 Å². The number of hydrogen-bond donors (Lipinski definition) is 1. The fourth-order valence-corrected chi connectivity index (χ4v) is 1.57. The van der Waals surface area contributed by atoms with E-state index in [4.69, 9.17) is 0 Å². The van der Waals surface area contributed by atoms with Gasteiger partial charge in [0.15, 0.2) is 5.69 Å².